The Balaban J connectivity index is 0.000000487. The minimum absolute atomic E-state index is 0.0351. The lowest BCUT2D eigenvalue weighted by molar-refractivity contribution is -0.246. The number of aromatic hydroxyl groups is 2. The molecular formula is C56H78N6O21. The number of carbonyl (C=O) groups excluding carboxylic acids is 8. The van der Waals surface area contributed by atoms with E-state index < -0.39 is 95.0 Å². The Hall–Kier alpha value is -6.50. The predicted octanol–water partition coefficient (Wildman–Crippen LogP) is -0.563. The van der Waals surface area contributed by atoms with E-state index >= 15 is 0 Å². The summed E-state index contributed by atoms with van der Waals surface area (Å²) < 4.78 is 49.2. The van der Waals surface area contributed by atoms with Crippen LogP contribution in [0, 0.1) is 0 Å². The number of phenols is 2. The number of amides is 6. The van der Waals surface area contributed by atoms with Gasteiger partial charge in [0, 0.05) is 87.5 Å². The Morgan fingerprint density at radius 2 is 1.42 bits per heavy atom. The maximum absolute atomic E-state index is 13.5. The van der Waals surface area contributed by atoms with Crippen LogP contribution in [-0.4, -0.2) is 233 Å². The molecule has 27 nitrogen and oxygen atoms in total. The minimum Gasteiger partial charge on any atom is -0.507 e. The minimum atomic E-state index is -2.35. The summed E-state index contributed by atoms with van der Waals surface area (Å²) in [6.45, 7) is 11.5. The molecule has 83 heavy (non-hydrogen) atoms. The fourth-order valence-corrected chi connectivity index (χ4v) is 10.1. The molecule has 8 atom stereocenters. The average Bonchev–Trinajstić information content (AvgIpc) is 4.16. The first-order chi connectivity index (χ1) is 39.8. The van der Waals surface area contributed by atoms with Gasteiger partial charge in [0.2, 0.25) is 23.5 Å². The van der Waals surface area contributed by atoms with Gasteiger partial charge in [0.1, 0.15) is 35.0 Å². The van der Waals surface area contributed by atoms with E-state index in [0.29, 0.717) is 25.9 Å². The van der Waals surface area contributed by atoms with Crippen molar-refractivity contribution in [1.29, 1.82) is 0 Å². The molecule has 0 saturated carbocycles. The predicted molar refractivity (Wildman–Crippen MR) is 290 cm³/mol. The number of rotatable bonds is 25. The lowest BCUT2D eigenvalue weighted by Crippen LogP contribution is -2.53. The maximum Gasteiger partial charge on any atom is 0.253 e. The molecule has 458 valence electrons. The zero-order chi connectivity index (χ0) is 60.4. The van der Waals surface area contributed by atoms with Gasteiger partial charge in [-0.1, -0.05) is 32.4 Å². The van der Waals surface area contributed by atoms with E-state index in [1.165, 1.54) is 50.8 Å². The third-order valence-corrected chi connectivity index (χ3v) is 14.2. The lowest BCUT2D eigenvalue weighted by Gasteiger charge is -2.37. The van der Waals surface area contributed by atoms with Crippen molar-refractivity contribution >= 4 is 47.0 Å². The average molecular weight is 1170 g/mol. The molecule has 27 heteroatoms. The van der Waals surface area contributed by atoms with Crippen LogP contribution in [0.25, 0.3) is 0 Å². The van der Waals surface area contributed by atoms with Crippen molar-refractivity contribution in [3.63, 3.8) is 0 Å². The van der Waals surface area contributed by atoms with Gasteiger partial charge in [-0.2, -0.15) is 0 Å². The molecule has 6 amide bonds. The van der Waals surface area contributed by atoms with Crippen LogP contribution < -0.4 is 26.0 Å². The summed E-state index contributed by atoms with van der Waals surface area (Å²) in [5, 5.41) is 54.6. The van der Waals surface area contributed by atoms with E-state index in [9.17, 15) is 58.8 Å². The van der Waals surface area contributed by atoms with Gasteiger partial charge in [0.15, 0.2) is 18.3 Å². The van der Waals surface area contributed by atoms with Crippen LogP contribution in [0.1, 0.15) is 102 Å². The molecule has 4 aliphatic heterocycles. The van der Waals surface area contributed by atoms with Gasteiger partial charge in [0.05, 0.1) is 109 Å². The SMILES string of the molecule is CCC.COC1OCCN2C3CCOC(C)C3O[C@H]12.COc1cccc2c1C(=O)c1c(O)c3c(c(O)c1C2=O)CC(O)(C(=O)NCCNC(=O)C(C)NC(=O)CNC(=O)CCOCCOCCOCCOCCN1C(=O)C=CC1=O)CC3O. The van der Waals surface area contributed by atoms with Gasteiger partial charge in [-0.3, -0.25) is 48.2 Å². The zero-order valence-corrected chi connectivity index (χ0v) is 47.7. The summed E-state index contributed by atoms with van der Waals surface area (Å²) in [6, 6.07) is 3.70. The second-order valence-corrected chi connectivity index (χ2v) is 20.1. The third kappa shape index (κ3) is 16.4. The fraction of sp³-hybridized carbons (Fsp3) is 0.607. The van der Waals surface area contributed by atoms with Crippen molar-refractivity contribution < 1.29 is 101 Å². The number of methoxy groups -OCH3 is 2. The molecule has 2 aromatic rings. The molecule has 3 saturated heterocycles. The first kappa shape index (κ1) is 65.7. The van der Waals surface area contributed by atoms with Gasteiger partial charge in [-0.25, -0.2) is 0 Å². The van der Waals surface area contributed by atoms with E-state index in [-0.39, 0.29) is 124 Å². The highest BCUT2D eigenvalue weighted by atomic mass is 16.7. The topological polar surface area (TPSA) is 355 Å². The van der Waals surface area contributed by atoms with E-state index in [1.807, 2.05) is 0 Å². The Morgan fingerprint density at radius 1 is 0.795 bits per heavy atom. The number of nitrogens with zero attached hydrogens (tertiary/aromatic N) is 2. The lowest BCUT2D eigenvalue weighted by atomic mass is 9.72. The van der Waals surface area contributed by atoms with E-state index in [4.69, 9.17) is 42.6 Å². The second-order valence-electron chi connectivity index (χ2n) is 20.1. The van der Waals surface area contributed by atoms with Crippen molar-refractivity contribution in [2.24, 2.45) is 0 Å². The number of imide groups is 1. The van der Waals surface area contributed by atoms with E-state index in [1.54, 1.807) is 7.11 Å². The van der Waals surface area contributed by atoms with Gasteiger partial charge in [0.25, 0.3) is 17.7 Å². The first-order valence-electron chi connectivity index (χ1n) is 27.7. The number of hydrogen-bond donors (Lipinski definition) is 8. The summed E-state index contributed by atoms with van der Waals surface area (Å²) in [7, 11) is 2.96. The maximum atomic E-state index is 13.5. The molecule has 3 fully saturated rings. The molecule has 2 aromatic carbocycles. The normalized spacial score (nSPS) is 23.4. The summed E-state index contributed by atoms with van der Waals surface area (Å²) in [6.07, 6.45) is 1.65. The monoisotopic (exact) mass is 1170 g/mol. The molecule has 0 radical (unpaired) electrons. The Bertz CT molecular complexity index is 2650. The highest BCUT2D eigenvalue weighted by Crippen LogP contribution is 2.51. The number of ketones is 2. The molecule has 6 aliphatic rings. The second kappa shape index (κ2) is 31.4. The highest BCUT2D eigenvalue weighted by molar-refractivity contribution is 6.31. The van der Waals surface area contributed by atoms with Gasteiger partial charge in [-0.05, 0) is 26.3 Å². The van der Waals surface area contributed by atoms with Crippen LogP contribution in [0.3, 0.4) is 0 Å². The smallest absolute Gasteiger partial charge is 0.253 e. The standard InChI is InChI=1S/C42H51N5O17.C11H19NO4.C3H8/c1-23(46-29(50)22-45-28(49)8-12-61-14-16-63-18-19-64-17-15-62-13-11-47-30(51)6-7-31(47)52)40(57)43-9-10-44-41(58)42(59)20-25-32(26(48)21-42)38(55)35-34(37(25)54)36(53)24-4-3-5-27(60-2)33(24)39(35)56;1-7-9-8(3-5-14-7)12-4-6-15-11(13-2)10(12)16-9;1-3-2/h3-7,23,26,48,54-55,59H,8-22H2,1-2H3,(H,43,57)(H,44,58)(H,45,49)(H,46,50);7-11H,3-6H2,1-2H3;3H2,1-2H3/t;7?,8?,9?,10-,11?;/m.1./s1. The molecule has 0 spiro atoms. The molecule has 4 heterocycles. The molecule has 8 rings (SSSR count). The number of phenolic OH excluding ortho intramolecular Hbond substituents is 2. The van der Waals surface area contributed by atoms with E-state index in [2.05, 4.69) is 46.9 Å². The van der Waals surface area contributed by atoms with Crippen molar-refractivity contribution in [3.8, 4) is 17.2 Å². The van der Waals surface area contributed by atoms with Crippen LogP contribution >= 0.6 is 0 Å². The van der Waals surface area contributed by atoms with Gasteiger partial charge < -0.3 is 84.3 Å². The number of ether oxygens (including phenoxy) is 9. The number of aliphatic hydroxyl groups excluding tert-OH is 1. The van der Waals surface area contributed by atoms with Crippen molar-refractivity contribution in [1.82, 2.24) is 31.1 Å². The number of nitrogens with one attached hydrogen (secondary N) is 4. The van der Waals surface area contributed by atoms with Crippen molar-refractivity contribution in [2.75, 3.05) is 113 Å². The van der Waals surface area contributed by atoms with Crippen molar-refractivity contribution in [2.45, 2.75) is 108 Å². The quantitative estimate of drug-likeness (QED) is 0.0299. The van der Waals surface area contributed by atoms with Crippen LogP contribution in [0.4, 0.5) is 0 Å². The van der Waals surface area contributed by atoms with Gasteiger partial charge >= 0.3 is 0 Å². The molecular weight excluding hydrogens is 1090 g/mol. The number of benzene rings is 2. The van der Waals surface area contributed by atoms with E-state index in [0.717, 1.165) is 31.1 Å². The number of morpholine rings is 1. The first-order valence-corrected chi connectivity index (χ1v) is 27.7. The third-order valence-electron chi connectivity index (χ3n) is 14.2. The molecule has 8 N–H and O–H groups in total. The fourth-order valence-electron chi connectivity index (χ4n) is 10.1. The molecule has 2 aliphatic carbocycles. The molecule has 0 bridgehead atoms. The number of aliphatic hydroxyl groups is 2. The van der Waals surface area contributed by atoms with Crippen LogP contribution in [-0.2, 0) is 73.1 Å². The Morgan fingerprint density at radius 3 is 2.07 bits per heavy atom. The van der Waals surface area contributed by atoms with Crippen molar-refractivity contribution in [3.05, 3.63) is 63.7 Å². The Kier molecular flexibility index (Phi) is 24.8. The number of fused-ring (bicyclic) bond motifs is 6. The highest BCUT2D eigenvalue weighted by Gasteiger charge is 2.52. The summed E-state index contributed by atoms with van der Waals surface area (Å²) in [5.41, 5.74) is -4.26. The van der Waals surface area contributed by atoms with Crippen LogP contribution in [0.15, 0.2) is 30.4 Å². The summed E-state index contributed by atoms with van der Waals surface area (Å²) >= 11 is 0. The molecule has 7 unspecified atom stereocenters. The van der Waals surface area contributed by atoms with Gasteiger partial charge in [-0.15, -0.1) is 0 Å². The number of hydrogen-bond acceptors (Lipinski definition) is 22. The summed E-state index contributed by atoms with van der Waals surface area (Å²) in [5.74, 6) is -6.59. The van der Waals surface area contributed by atoms with Crippen LogP contribution in [0.2, 0.25) is 0 Å². The number of carbonyl (C=O) groups is 8. The van der Waals surface area contributed by atoms with Crippen LogP contribution in [0.5, 0.6) is 17.2 Å². The zero-order valence-electron chi connectivity index (χ0n) is 47.7. The molecule has 0 aromatic heterocycles. The largest absolute Gasteiger partial charge is 0.507 e. The summed E-state index contributed by atoms with van der Waals surface area (Å²) in [4.78, 5) is 104. The Labute approximate surface area is 480 Å².